The van der Waals surface area contributed by atoms with E-state index in [0.717, 1.165) is 25.3 Å². The molecule has 1 atom stereocenters. The third-order valence-electron chi connectivity index (χ3n) is 3.54. The molecule has 0 saturated carbocycles. The molecule has 2 N–H and O–H groups in total. The van der Waals surface area contributed by atoms with Crippen LogP contribution in [0.4, 0.5) is 0 Å². The zero-order chi connectivity index (χ0) is 12.1. The van der Waals surface area contributed by atoms with Crippen molar-refractivity contribution in [3.05, 3.63) is 0 Å². The molecule has 0 spiro atoms. The van der Waals surface area contributed by atoms with Crippen molar-refractivity contribution in [3.8, 4) is 0 Å². The molecule has 0 amide bonds. The van der Waals surface area contributed by atoms with Crippen molar-refractivity contribution < 1.29 is 0 Å². The largest absolute Gasteiger partial charge is 0.324 e. The fourth-order valence-corrected chi connectivity index (χ4v) is 1.99. The summed E-state index contributed by atoms with van der Waals surface area (Å²) in [7, 11) is 2.19. The number of likely N-dealkylation sites (N-methyl/N-ethyl adjacent to an activating group) is 1. The Kier molecular flexibility index (Phi) is 6.46. The van der Waals surface area contributed by atoms with Gasteiger partial charge in [0.25, 0.3) is 0 Å². The van der Waals surface area contributed by atoms with Gasteiger partial charge in [0.15, 0.2) is 0 Å². The summed E-state index contributed by atoms with van der Waals surface area (Å²) in [5.41, 5.74) is 6.32. The molecular weight excluding hydrogens is 184 g/mol. The van der Waals surface area contributed by atoms with E-state index in [-0.39, 0.29) is 5.54 Å². The minimum absolute atomic E-state index is 0.0000104. The van der Waals surface area contributed by atoms with E-state index < -0.39 is 0 Å². The molecule has 0 aromatic carbocycles. The molecule has 15 heavy (non-hydrogen) atoms. The van der Waals surface area contributed by atoms with Gasteiger partial charge in [0.1, 0.15) is 0 Å². The molecule has 0 saturated heterocycles. The summed E-state index contributed by atoms with van der Waals surface area (Å²) < 4.78 is 0. The molecule has 1 unspecified atom stereocenters. The first kappa shape index (κ1) is 14.9. The molecule has 2 heteroatoms. The monoisotopic (exact) mass is 214 g/mol. The Morgan fingerprint density at radius 1 is 1.13 bits per heavy atom. The zero-order valence-corrected chi connectivity index (χ0v) is 11.5. The number of rotatable bonds is 7. The van der Waals surface area contributed by atoms with Gasteiger partial charge < -0.3 is 10.6 Å². The van der Waals surface area contributed by atoms with Gasteiger partial charge in [-0.1, -0.05) is 27.7 Å². The second-order valence-corrected chi connectivity index (χ2v) is 5.46. The molecule has 0 aliphatic heterocycles. The van der Waals surface area contributed by atoms with E-state index in [1.807, 2.05) is 0 Å². The first-order valence-corrected chi connectivity index (χ1v) is 6.33. The SMILES string of the molecule is CCC(N)(CC)CN(C)C(C)CC(C)C. The molecule has 0 aromatic rings. The van der Waals surface area contributed by atoms with Crippen LogP contribution in [0, 0.1) is 5.92 Å². The maximum atomic E-state index is 6.32. The predicted molar refractivity (Wildman–Crippen MR) is 69.0 cm³/mol. The predicted octanol–water partition coefficient (Wildman–Crippen LogP) is 2.87. The standard InChI is InChI=1S/C13H30N2/c1-7-13(14,8-2)10-15(6)12(5)9-11(3)4/h11-12H,7-10,14H2,1-6H3. The van der Waals surface area contributed by atoms with Crippen LogP contribution in [0.25, 0.3) is 0 Å². The molecule has 0 rings (SSSR count). The summed E-state index contributed by atoms with van der Waals surface area (Å²) in [6, 6.07) is 0.631. The lowest BCUT2D eigenvalue weighted by atomic mass is 9.92. The van der Waals surface area contributed by atoms with Gasteiger partial charge >= 0.3 is 0 Å². The molecule has 2 nitrogen and oxygen atoms in total. The minimum Gasteiger partial charge on any atom is -0.324 e. The van der Waals surface area contributed by atoms with Crippen LogP contribution in [-0.4, -0.2) is 30.1 Å². The highest BCUT2D eigenvalue weighted by Crippen LogP contribution is 2.16. The van der Waals surface area contributed by atoms with Crippen molar-refractivity contribution in [1.29, 1.82) is 0 Å². The number of nitrogens with zero attached hydrogens (tertiary/aromatic N) is 1. The lowest BCUT2D eigenvalue weighted by Gasteiger charge is -2.35. The highest BCUT2D eigenvalue weighted by Gasteiger charge is 2.24. The minimum atomic E-state index is -0.0000104. The summed E-state index contributed by atoms with van der Waals surface area (Å²) >= 11 is 0. The smallest absolute Gasteiger partial charge is 0.0278 e. The molecule has 0 heterocycles. The van der Waals surface area contributed by atoms with E-state index in [0.29, 0.717) is 6.04 Å². The lowest BCUT2D eigenvalue weighted by Crippen LogP contribution is -2.50. The van der Waals surface area contributed by atoms with Gasteiger partial charge in [-0.05, 0) is 39.2 Å². The van der Waals surface area contributed by atoms with Gasteiger partial charge in [0, 0.05) is 18.1 Å². The van der Waals surface area contributed by atoms with Crippen LogP contribution in [-0.2, 0) is 0 Å². The Hall–Kier alpha value is -0.0800. The van der Waals surface area contributed by atoms with Gasteiger partial charge in [-0.2, -0.15) is 0 Å². The van der Waals surface area contributed by atoms with Crippen molar-refractivity contribution >= 4 is 0 Å². The fraction of sp³-hybridized carbons (Fsp3) is 1.00. The molecule has 0 aromatic heterocycles. The van der Waals surface area contributed by atoms with Gasteiger partial charge in [-0.3, -0.25) is 0 Å². The normalized spacial score (nSPS) is 15.0. The summed E-state index contributed by atoms with van der Waals surface area (Å²) in [6.45, 7) is 12.2. The van der Waals surface area contributed by atoms with Crippen molar-refractivity contribution in [2.45, 2.75) is 65.5 Å². The van der Waals surface area contributed by atoms with E-state index in [9.17, 15) is 0 Å². The van der Waals surface area contributed by atoms with Crippen molar-refractivity contribution in [2.75, 3.05) is 13.6 Å². The van der Waals surface area contributed by atoms with Gasteiger partial charge in [0.2, 0.25) is 0 Å². The summed E-state index contributed by atoms with van der Waals surface area (Å²) in [5.74, 6) is 0.762. The van der Waals surface area contributed by atoms with Gasteiger partial charge in [-0.25, -0.2) is 0 Å². The Labute approximate surface area is 96.2 Å². The van der Waals surface area contributed by atoms with Crippen LogP contribution >= 0.6 is 0 Å². The Balaban J connectivity index is 4.15. The summed E-state index contributed by atoms with van der Waals surface area (Å²) in [4.78, 5) is 2.41. The maximum Gasteiger partial charge on any atom is 0.0278 e. The zero-order valence-electron chi connectivity index (χ0n) is 11.5. The van der Waals surface area contributed by atoms with Crippen molar-refractivity contribution in [3.63, 3.8) is 0 Å². The summed E-state index contributed by atoms with van der Waals surface area (Å²) in [6.07, 6.45) is 3.37. The van der Waals surface area contributed by atoms with E-state index in [1.165, 1.54) is 6.42 Å². The quantitative estimate of drug-likeness (QED) is 0.706. The average molecular weight is 214 g/mol. The Morgan fingerprint density at radius 2 is 1.60 bits per heavy atom. The molecular formula is C13H30N2. The number of hydrogen-bond acceptors (Lipinski definition) is 2. The molecule has 92 valence electrons. The van der Waals surface area contributed by atoms with Crippen LogP contribution in [0.5, 0.6) is 0 Å². The second-order valence-electron chi connectivity index (χ2n) is 5.46. The molecule has 0 bridgehead atoms. The molecule has 0 fully saturated rings. The van der Waals surface area contributed by atoms with Gasteiger partial charge in [0.05, 0.1) is 0 Å². The van der Waals surface area contributed by atoms with Crippen LogP contribution in [0.15, 0.2) is 0 Å². The third kappa shape index (κ3) is 5.53. The molecule has 0 aliphatic carbocycles. The van der Waals surface area contributed by atoms with Crippen LogP contribution in [0.1, 0.15) is 53.9 Å². The topological polar surface area (TPSA) is 29.3 Å². The maximum absolute atomic E-state index is 6.32. The highest BCUT2D eigenvalue weighted by molar-refractivity contribution is 4.85. The van der Waals surface area contributed by atoms with Crippen molar-refractivity contribution in [2.24, 2.45) is 11.7 Å². The van der Waals surface area contributed by atoms with E-state index in [1.54, 1.807) is 0 Å². The van der Waals surface area contributed by atoms with E-state index in [4.69, 9.17) is 5.73 Å². The van der Waals surface area contributed by atoms with Crippen LogP contribution < -0.4 is 5.73 Å². The second kappa shape index (κ2) is 6.49. The lowest BCUT2D eigenvalue weighted by molar-refractivity contribution is 0.172. The Bertz CT molecular complexity index is 162. The highest BCUT2D eigenvalue weighted by atomic mass is 15.1. The van der Waals surface area contributed by atoms with Crippen molar-refractivity contribution in [1.82, 2.24) is 4.90 Å². The van der Waals surface area contributed by atoms with Crippen LogP contribution in [0.2, 0.25) is 0 Å². The number of nitrogens with two attached hydrogens (primary N) is 1. The summed E-state index contributed by atoms with van der Waals surface area (Å²) in [5, 5.41) is 0. The first-order chi connectivity index (χ1) is 6.84. The average Bonchev–Trinajstić information content (AvgIpc) is 2.16. The molecule has 0 radical (unpaired) electrons. The fourth-order valence-electron chi connectivity index (χ4n) is 1.99. The number of hydrogen-bond donors (Lipinski definition) is 1. The van der Waals surface area contributed by atoms with E-state index in [2.05, 4.69) is 46.6 Å². The van der Waals surface area contributed by atoms with Gasteiger partial charge in [-0.15, -0.1) is 0 Å². The Morgan fingerprint density at radius 3 is 1.93 bits per heavy atom. The third-order valence-corrected chi connectivity index (χ3v) is 3.54. The molecule has 0 aliphatic rings. The van der Waals surface area contributed by atoms with Crippen LogP contribution in [0.3, 0.4) is 0 Å². The first-order valence-electron chi connectivity index (χ1n) is 6.33. The van der Waals surface area contributed by atoms with E-state index >= 15 is 0 Å².